The van der Waals surface area contributed by atoms with Gasteiger partial charge >= 0.3 is 0 Å². The third-order valence-corrected chi connectivity index (χ3v) is 4.14. The Morgan fingerprint density at radius 3 is 2.30 bits per heavy atom. The predicted molar refractivity (Wildman–Crippen MR) is 83.1 cm³/mol. The fourth-order valence-electron chi connectivity index (χ4n) is 2.79. The van der Waals surface area contributed by atoms with Crippen molar-refractivity contribution in [2.45, 2.75) is 59.2 Å². The minimum atomic E-state index is -0.165. The SMILES string of the molecule is CCN(CC)C(C)(C)C(N)c1c(OC)cnn1C(C)C. The molecule has 0 spiro atoms. The summed E-state index contributed by atoms with van der Waals surface area (Å²) < 4.78 is 7.42. The van der Waals surface area contributed by atoms with Crippen LogP contribution in [0.4, 0.5) is 0 Å². The van der Waals surface area contributed by atoms with Crippen molar-refractivity contribution in [3.05, 3.63) is 11.9 Å². The van der Waals surface area contributed by atoms with Gasteiger partial charge < -0.3 is 10.5 Å². The number of methoxy groups -OCH3 is 1. The molecular weight excluding hydrogens is 252 g/mol. The number of rotatable bonds is 7. The fourth-order valence-corrected chi connectivity index (χ4v) is 2.79. The van der Waals surface area contributed by atoms with Crippen LogP contribution in [0.2, 0.25) is 0 Å². The lowest BCUT2D eigenvalue weighted by molar-refractivity contribution is 0.102. The van der Waals surface area contributed by atoms with E-state index in [1.165, 1.54) is 0 Å². The van der Waals surface area contributed by atoms with Crippen LogP contribution in [0, 0.1) is 0 Å². The highest BCUT2D eigenvalue weighted by Gasteiger charge is 2.36. The van der Waals surface area contributed by atoms with Gasteiger partial charge in [0, 0.05) is 11.6 Å². The van der Waals surface area contributed by atoms with Crippen LogP contribution in [0.3, 0.4) is 0 Å². The predicted octanol–water partition coefficient (Wildman–Crippen LogP) is 2.59. The van der Waals surface area contributed by atoms with E-state index in [9.17, 15) is 0 Å². The topological polar surface area (TPSA) is 56.3 Å². The molecule has 1 heterocycles. The molecule has 5 nitrogen and oxygen atoms in total. The quantitative estimate of drug-likeness (QED) is 0.835. The summed E-state index contributed by atoms with van der Waals surface area (Å²) >= 11 is 0. The number of ether oxygens (including phenoxy) is 1. The van der Waals surface area contributed by atoms with Crippen LogP contribution in [-0.2, 0) is 0 Å². The summed E-state index contributed by atoms with van der Waals surface area (Å²) in [7, 11) is 1.67. The van der Waals surface area contributed by atoms with E-state index >= 15 is 0 Å². The second-order valence-electron chi connectivity index (χ2n) is 5.94. The second-order valence-corrected chi connectivity index (χ2v) is 5.94. The molecule has 5 heteroatoms. The van der Waals surface area contributed by atoms with E-state index in [0.717, 1.165) is 24.5 Å². The van der Waals surface area contributed by atoms with Crippen LogP contribution in [0.15, 0.2) is 6.20 Å². The molecule has 116 valence electrons. The van der Waals surface area contributed by atoms with Crippen molar-refractivity contribution in [2.75, 3.05) is 20.2 Å². The van der Waals surface area contributed by atoms with Gasteiger partial charge in [-0.1, -0.05) is 13.8 Å². The Hall–Kier alpha value is -1.07. The lowest BCUT2D eigenvalue weighted by Gasteiger charge is -2.42. The molecule has 2 N–H and O–H groups in total. The molecule has 0 aliphatic heterocycles. The minimum Gasteiger partial charge on any atom is -0.493 e. The van der Waals surface area contributed by atoms with Gasteiger partial charge in [0.2, 0.25) is 0 Å². The first-order valence-corrected chi connectivity index (χ1v) is 7.43. The van der Waals surface area contributed by atoms with E-state index < -0.39 is 0 Å². The highest BCUT2D eigenvalue weighted by Crippen LogP contribution is 2.35. The highest BCUT2D eigenvalue weighted by molar-refractivity contribution is 5.31. The summed E-state index contributed by atoms with van der Waals surface area (Å²) in [6.45, 7) is 14.8. The van der Waals surface area contributed by atoms with Gasteiger partial charge in [-0.25, -0.2) is 0 Å². The van der Waals surface area contributed by atoms with Crippen LogP contribution in [0.5, 0.6) is 5.75 Å². The molecule has 1 rings (SSSR count). The van der Waals surface area contributed by atoms with Crippen molar-refractivity contribution in [3.8, 4) is 5.75 Å². The molecule has 0 aliphatic rings. The summed E-state index contributed by atoms with van der Waals surface area (Å²) in [5.74, 6) is 0.770. The zero-order valence-electron chi connectivity index (χ0n) is 14.0. The Morgan fingerprint density at radius 1 is 1.35 bits per heavy atom. The zero-order chi connectivity index (χ0) is 15.5. The number of hydrogen-bond acceptors (Lipinski definition) is 4. The standard InChI is InChI=1S/C15H30N4O/c1-8-18(9-2)15(5,6)14(16)13-12(20-7)10-17-19(13)11(3)4/h10-11,14H,8-9,16H2,1-7H3. The van der Waals surface area contributed by atoms with E-state index in [0.29, 0.717) is 0 Å². The summed E-state index contributed by atoms with van der Waals surface area (Å²) in [5.41, 5.74) is 7.41. The van der Waals surface area contributed by atoms with Gasteiger partial charge in [0.1, 0.15) is 0 Å². The Labute approximate surface area is 123 Å². The fraction of sp³-hybridized carbons (Fsp3) is 0.800. The molecule has 1 aromatic rings. The molecule has 1 aromatic heterocycles. The third kappa shape index (κ3) is 2.99. The molecule has 0 saturated carbocycles. The van der Waals surface area contributed by atoms with Gasteiger partial charge in [0.15, 0.2) is 5.75 Å². The van der Waals surface area contributed by atoms with Gasteiger partial charge in [-0.2, -0.15) is 5.10 Å². The maximum atomic E-state index is 6.60. The van der Waals surface area contributed by atoms with Crippen molar-refractivity contribution in [2.24, 2.45) is 5.73 Å². The summed E-state index contributed by atoms with van der Waals surface area (Å²) in [6, 6.07) is 0.0923. The Balaban J connectivity index is 3.25. The van der Waals surface area contributed by atoms with Crippen molar-refractivity contribution in [1.29, 1.82) is 0 Å². The van der Waals surface area contributed by atoms with Gasteiger partial charge in [0.25, 0.3) is 0 Å². The van der Waals surface area contributed by atoms with Crippen molar-refractivity contribution < 1.29 is 4.74 Å². The summed E-state index contributed by atoms with van der Waals surface area (Å²) in [6.07, 6.45) is 1.76. The molecule has 20 heavy (non-hydrogen) atoms. The van der Waals surface area contributed by atoms with Gasteiger partial charge in [-0.3, -0.25) is 9.58 Å². The van der Waals surface area contributed by atoms with Crippen molar-refractivity contribution in [1.82, 2.24) is 14.7 Å². The largest absolute Gasteiger partial charge is 0.493 e. The number of nitrogens with zero attached hydrogens (tertiary/aromatic N) is 3. The van der Waals surface area contributed by atoms with Gasteiger partial charge in [0.05, 0.1) is 25.0 Å². The van der Waals surface area contributed by atoms with Gasteiger partial charge in [-0.15, -0.1) is 0 Å². The average molecular weight is 282 g/mol. The van der Waals surface area contributed by atoms with E-state index in [2.05, 4.69) is 51.5 Å². The maximum absolute atomic E-state index is 6.60. The first-order chi connectivity index (χ1) is 9.31. The lowest BCUT2D eigenvalue weighted by atomic mass is 9.90. The number of nitrogens with two attached hydrogens (primary N) is 1. The normalized spacial score (nSPS) is 14.1. The highest BCUT2D eigenvalue weighted by atomic mass is 16.5. The van der Waals surface area contributed by atoms with Crippen LogP contribution >= 0.6 is 0 Å². The summed E-state index contributed by atoms with van der Waals surface area (Å²) in [5, 5.41) is 4.43. The Morgan fingerprint density at radius 2 is 1.90 bits per heavy atom. The lowest BCUT2D eigenvalue weighted by Crippen LogP contribution is -2.51. The number of hydrogen-bond donors (Lipinski definition) is 1. The average Bonchev–Trinajstić information content (AvgIpc) is 2.82. The molecule has 0 amide bonds. The first kappa shape index (κ1) is 17.0. The molecular formula is C15H30N4O. The van der Waals surface area contributed by atoms with Crippen molar-refractivity contribution >= 4 is 0 Å². The van der Waals surface area contributed by atoms with Crippen LogP contribution in [-0.4, -0.2) is 40.4 Å². The Kier molecular flexibility index (Phi) is 5.59. The maximum Gasteiger partial charge on any atom is 0.161 e. The molecule has 0 fully saturated rings. The second kappa shape index (κ2) is 6.59. The zero-order valence-corrected chi connectivity index (χ0v) is 14.0. The monoisotopic (exact) mass is 282 g/mol. The smallest absolute Gasteiger partial charge is 0.161 e. The first-order valence-electron chi connectivity index (χ1n) is 7.43. The minimum absolute atomic E-state index is 0.163. The van der Waals surface area contributed by atoms with E-state index in [-0.39, 0.29) is 17.6 Å². The molecule has 0 aromatic carbocycles. The molecule has 0 aliphatic carbocycles. The number of likely N-dealkylation sites (N-methyl/N-ethyl adjacent to an activating group) is 1. The molecule has 1 unspecified atom stereocenters. The number of aromatic nitrogens is 2. The van der Waals surface area contributed by atoms with Crippen LogP contribution < -0.4 is 10.5 Å². The van der Waals surface area contributed by atoms with Gasteiger partial charge in [-0.05, 0) is 40.8 Å². The van der Waals surface area contributed by atoms with Crippen LogP contribution in [0.25, 0.3) is 0 Å². The third-order valence-electron chi connectivity index (χ3n) is 4.14. The molecule has 0 saturated heterocycles. The van der Waals surface area contributed by atoms with E-state index in [1.807, 2.05) is 4.68 Å². The van der Waals surface area contributed by atoms with Crippen LogP contribution in [0.1, 0.15) is 59.3 Å². The molecule has 1 atom stereocenters. The van der Waals surface area contributed by atoms with Crippen molar-refractivity contribution in [3.63, 3.8) is 0 Å². The van der Waals surface area contributed by atoms with E-state index in [4.69, 9.17) is 10.5 Å². The Bertz CT molecular complexity index is 422. The molecule has 0 radical (unpaired) electrons. The van der Waals surface area contributed by atoms with E-state index in [1.54, 1.807) is 13.3 Å². The summed E-state index contributed by atoms with van der Waals surface area (Å²) in [4.78, 5) is 2.37. The molecule has 0 bridgehead atoms.